The summed E-state index contributed by atoms with van der Waals surface area (Å²) in [6.45, 7) is 2.52. The molecule has 18 heavy (non-hydrogen) atoms. The van der Waals surface area contributed by atoms with Gasteiger partial charge in [-0.25, -0.2) is 0 Å². The number of hydrogen-bond acceptors (Lipinski definition) is 3. The Morgan fingerprint density at radius 3 is 2.94 bits per heavy atom. The largest absolute Gasteiger partial charge is 0.469 e. The molecule has 0 saturated carbocycles. The molecule has 1 aliphatic rings. The molecule has 1 aliphatic heterocycles. The molecule has 0 unspecified atom stereocenters. The fourth-order valence-electron chi connectivity index (χ4n) is 2.32. The molecular formula is C14H14N2O2. The van der Waals surface area contributed by atoms with E-state index in [2.05, 4.69) is 0 Å². The van der Waals surface area contributed by atoms with Gasteiger partial charge in [0.15, 0.2) is 0 Å². The lowest BCUT2D eigenvalue weighted by atomic mass is 10.1. The predicted octanol–water partition coefficient (Wildman–Crippen LogP) is 2.37. The van der Waals surface area contributed by atoms with E-state index < -0.39 is 0 Å². The van der Waals surface area contributed by atoms with Crippen molar-refractivity contribution in [3.05, 3.63) is 47.4 Å². The Kier molecular flexibility index (Phi) is 2.37. The molecule has 1 aromatic carbocycles. The van der Waals surface area contributed by atoms with Crippen LogP contribution in [0.2, 0.25) is 0 Å². The highest BCUT2D eigenvalue weighted by molar-refractivity contribution is 6.07. The van der Waals surface area contributed by atoms with Crippen molar-refractivity contribution in [1.82, 2.24) is 0 Å². The minimum Gasteiger partial charge on any atom is -0.469 e. The van der Waals surface area contributed by atoms with Gasteiger partial charge in [-0.05, 0) is 37.1 Å². The van der Waals surface area contributed by atoms with Gasteiger partial charge in [-0.2, -0.15) is 0 Å². The second kappa shape index (κ2) is 3.91. The second-order valence-corrected chi connectivity index (χ2v) is 4.54. The van der Waals surface area contributed by atoms with Crippen molar-refractivity contribution in [1.29, 1.82) is 0 Å². The molecule has 0 radical (unpaired) electrons. The summed E-state index contributed by atoms with van der Waals surface area (Å²) in [7, 11) is 0. The molecule has 1 aromatic heterocycles. The second-order valence-electron chi connectivity index (χ2n) is 4.54. The first-order chi connectivity index (χ1) is 8.65. The van der Waals surface area contributed by atoms with Crippen molar-refractivity contribution in [2.45, 2.75) is 13.3 Å². The van der Waals surface area contributed by atoms with Crippen LogP contribution in [0, 0.1) is 6.92 Å². The van der Waals surface area contributed by atoms with Crippen LogP contribution >= 0.6 is 0 Å². The van der Waals surface area contributed by atoms with Crippen LogP contribution in [-0.4, -0.2) is 12.5 Å². The van der Waals surface area contributed by atoms with E-state index >= 15 is 0 Å². The number of hydrogen-bond donors (Lipinski definition) is 1. The maximum atomic E-state index is 12.4. The van der Waals surface area contributed by atoms with Crippen LogP contribution in [0.5, 0.6) is 0 Å². The Bertz CT molecular complexity index is 616. The molecule has 0 atom stereocenters. The average molecular weight is 242 g/mol. The van der Waals surface area contributed by atoms with E-state index in [9.17, 15) is 4.79 Å². The lowest BCUT2D eigenvalue weighted by Gasteiger charge is -2.16. The van der Waals surface area contributed by atoms with Gasteiger partial charge in [0, 0.05) is 17.9 Å². The van der Waals surface area contributed by atoms with Crippen LogP contribution in [0.15, 0.2) is 34.9 Å². The number of carbonyl (C=O) groups is 1. The standard InChI is InChI=1S/C14H14N2O2/c1-9-6-11(8-18-9)14(17)16-5-4-10-2-3-12(15)7-13(10)16/h2-3,6-8H,4-5,15H2,1H3. The van der Waals surface area contributed by atoms with Crippen LogP contribution in [0.4, 0.5) is 11.4 Å². The minimum atomic E-state index is -0.0313. The highest BCUT2D eigenvalue weighted by Crippen LogP contribution is 2.31. The highest BCUT2D eigenvalue weighted by Gasteiger charge is 2.26. The minimum absolute atomic E-state index is 0.0313. The number of aryl methyl sites for hydroxylation is 1. The van der Waals surface area contributed by atoms with Gasteiger partial charge in [-0.3, -0.25) is 4.79 Å². The van der Waals surface area contributed by atoms with E-state index in [0.29, 0.717) is 17.8 Å². The van der Waals surface area contributed by atoms with Crippen molar-refractivity contribution in [2.24, 2.45) is 0 Å². The topological polar surface area (TPSA) is 59.5 Å². The molecule has 2 N–H and O–H groups in total. The number of benzene rings is 1. The molecule has 0 spiro atoms. The van der Waals surface area contributed by atoms with Gasteiger partial charge in [-0.15, -0.1) is 0 Å². The van der Waals surface area contributed by atoms with Crippen molar-refractivity contribution in [2.75, 3.05) is 17.2 Å². The molecular weight excluding hydrogens is 228 g/mol. The number of nitrogen functional groups attached to an aromatic ring is 1. The lowest BCUT2D eigenvalue weighted by molar-refractivity contribution is 0.0989. The number of nitrogens with zero attached hydrogens (tertiary/aromatic N) is 1. The number of fused-ring (bicyclic) bond motifs is 1. The number of anilines is 2. The predicted molar refractivity (Wildman–Crippen MR) is 69.7 cm³/mol. The number of nitrogens with two attached hydrogens (primary N) is 1. The van der Waals surface area contributed by atoms with Gasteiger partial charge in [0.25, 0.3) is 5.91 Å². The van der Waals surface area contributed by atoms with E-state index in [1.165, 1.54) is 6.26 Å². The summed E-state index contributed by atoms with van der Waals surface area (Å²) in [5, 5.41) is 0. The number of amides is 1. The summed E-state index contributed by atoms with van der Waals surface area (Å²) in [5.41, 5.74) is 9.12. The van der Waals surface area contributed by atoms with Crippen LogP contribution in [0.3, 0.4) is 0 Å². The Balaban J connectivity index is 1.96. The van der Waals surface area contributed by atoms with E-state index in [1.807, 2.05) is 25.1 Å². The van der Waals surface area contributed by atoms with E-state index in [1.54, 1.807) is 11.0 Å². The zero-order chi connectivity index (χ0) is 12.7. The third-order valence-electron chi connectivity index (χ3n) is 3.23. The van der Waals surface area contributed by atoms with Crippen molar-refractivity contribution in [3.8, 4) is 0 Å². The number of rotatable bonds is 1. The first kappa shape index (κ1) is 10.9. The Hall–Kier alpha value is -2.23. The van der Waals surface area contributed by atoms with Crippen LogP contribution in [-0.2, 0) is 6.42 Å². The lowest BCUT2D eigenvalue weighted by Crippen LogP contribution is -2.28. The van der Waals surface area contributed by atoms with Gasteiger partial charge < -0.3 is 15.1 Å². The number of furan rings is 1. The Labute approximate surface area is 105 Å². The summed E-state index contributed by atoms with van der Waals surface area (Å²) in [6.07, 6.45) is 2.38. The summed E-state index contributed by atoms with van der Waals surface area (Å²) in [5.74, 6) is 0.710. The smallest absolute Gasteiger partial charge is 0.261 e. The maximum Gasteiger partial charge on any atom is 0.261 e. The first-order valence-corrected chi connectivity index (χ1v) is 5.90. The summed E-state index contributed by atoms with van der Waals surface area (Å²) >= 11 is 0. The zero-order valence-corrected chi connectivity index (χ0v) is 10.1. The maximum absolute atomic E-state index is 12.4. The van der Waals surface area contributed by atoms with Gasteiger partial charge >= 0.3 is 0 Å². The highest BCUT2D eigenvalue weighted by atomic mass is 16.3. The quantitative estimate of drug-likeness (QED) is 0.781. The monoisotopic (exact) mass is 242 g/mol. The fourth-order valence-corrected chi connectivity index (χ4v) is 2.32. The molecule has 4 heteroatoms. The Morgan fingerprint density at radius 1 is 1.39 bits per heavy atom. The fraction of sp³-hybridized carbons (Fsp3) is 0.214. The summed E-state index contributed by atoms with van der Waals surface area (Å²) in [6, 6.07) is 7.47. The van der Waals surface area contributed by atoms with Gasteiger partial charge in [-0.1, -0.05) is 6.07 Å². The van der Waals surface area contributed by atoms with Crippen molar-refractivity contribution < 1.29 is 9.21 Å². The summed E-state index contributed by atoms with van der Waals surface area (Å²) in [4.78, 5) is 14.1. The normalized spacial score (nSPS) is 13.7. The SMILES string of the molecule is Cc1cc(C(=O)N2CCc3ccc(N)cc32)co1. The van der Waals surface area contributed by atoms with Crippen molar-refractivity contribution in [3.63, 3.8) is 0 Å². The van der Waals surface area contributed by atoms with Crippen LogP contribution in [0.1, 0.15) is 21.7 Å². The average Bonchev–Trinajstić information content (AvgIpc) is 2.94. The molecule has 3 rings (SSSR count). The summed E-state index contributed by atoms with van der Waals surface area (Å²) < 4.78 is 5.18. The van der Waals surface area contributed by atoms with E-state index in [4.69, 9.17) is 10.2 Å². The van der Waals surface area contributed by atoms with E-state index in [0.717, 1.165) is 23.4 Å². The number of carbonyl (C=O) groups excluding carboxylic acids is 1. The zero-order valence-electron chi connectivity index (χ0n) is 10.1. The molecule has 4 nitrogen and oxygen atoms in total. The first-order valence-electron chi connectivity index (χ1n) is 5.90. The van der Waals surface area contributed by atoms with Crippen LogP contribution in [0.25, 0.3) is 0 Å². The third kappa shape index (κ3) is 1.66. The molecule has 2 heterocycles. The van der Waals surface area contributed by atoms with Crippen LogP contribution < -0.4 is 10.6 Å². The van der Waals surface area contributed by atoms with Gasteiger partial charge in [0.05, 0.1) is 5.56 Å². The van der Waals surface area contributed by atoms with Gasteiger partial charge in [0.1, 0.15) is 12.0 Å². The van der Waals surface area contributed by atoms with Gasteiger partial charge in [0.2, 0.25) is 0 Å². The molecule has 2 aromatic rings. The third-order valence-corrected chi connectivity index (χ3v) is 3.23. The molecule has 0 fully saturated rings. The Morgan fingerprint density at radius 2 is 2.22 bits per heavy atom. The molecule has 92 valence electrons. The molecule has 0 aliphatic carbocycles. The molecule has 1 amide bonds. The van der Waals surface area contributed by atoms with E-state index in [-0.39, 0.29) is 5.91 Å². The molecule has 0 bridgehead atoms. The van der Waals surface area contributed by atoms with Crippen molar-refractivity contribution >= 4 is 17.3 Å². The molecule has 0 saturated heterocycles.